The molecule has 0 aromatic heterocycles. The van der Waals surface area contributed by atoms with E-state index in [9.17, 15) is 5.11 Å². The molecule has 0 saturated carbocycles. The van der Waals surface area contributed by atoms with Crippen molar-refractivity contribution in [3.63, 3.8) is 0 Å². The van der Waals surface area contributed by atoms with Crippen molar-refractivity contribution in [1.82, 2.24) is 0 Å². The summed E-state index contributed by atoms with van der Waals surface area (Å²) in [6.45, 7) is 16.8. The number of aryl methyl sites for hydroxylation is 1. The first-order valence-corrected chi connectivity index (χ1v) is 8.55. The van der Waals surface area contributed by atoms with Gasteiger partial charge in [0.15, 0.2) is 0 Å². The van der Waals surface area contributed by atoms with E-state index < -0.39 is 0 Å². The third kappa shape index (κ3) is 5.19. The summed E-state index contributed by atoms with van der Waals surface area (Å²) in [5.41, 5.74) is 3.42. The minimum Gasteiger partial charge on any atom is -0.507 e. The minimum absolute atomic E-state index is 0.0388. The molecule has 1 aromatic carbocycles. The van der Waals surface area contributed by atoms with Crippen LogP contribution in [0.3, 0.4) is 0 Å². The smallest absolute Gasteiger partial charge is 0.123 e. The first-order valence-electron chi connectivity index (χ1n) is 8.55. The van der Waals surface area contributed by atoms with Crippen LogP contribution in [-0.4, -0.2) is 5.11 Å². The second-order valence-corrected chi connectivity index (χ2v) is 8.43. The van der Waals surface area contributed by atoms with Crippen molar-refractivity contribution in [2.45, 2.75) is 84.5 Å². The molecule has 0 atom stereocenters. The normalized spacial score (nSPS) is 12.5. The summed E-state index contributed by atoms with van der Waals surface area (Å²) in [7, 11) is 0. The van der Waals surface area contributed by atoms with Crippen molar-refractivity contribution < 1.29 is 5.11 Å². The van der Waals surface area contributed by atoms with Crippen molar-refractivity contribution in [2.75, 3.05) is 0 Å². The largest absolute Gasteiger partial charge is 0.507 e. The second kappa shape index (κ2) is 7.35. The molecule has 1 rings (SSSR count). The second-order valence-electron chi connectivity index (χ2n) is 8.43. The Bertz CT molecular complexity index is 463. The molecule has 22 heavy (non-hydrogen) atoms. The Morgan fingerprint density at radius 2 is 1.41 bits per heavy atom. The van der Waals surface area contributed by atoms with E-state index in [1.165, 1.54) is 24.8 Å². The number of phenols is 1. The Kier molecular flexibility index (Phi) is 6.28. The van der Waals surface area contributed by atoms with Gasteiger partial charge < -0.3 is 5.11 Å². The number of phenolic OH excluding ortho intramolecular Hbond substituents is 1. The lowest BCUT2D eigenvalue weighted by atomic mass is 9.78. The van der Waals surface area contributed by atoms with Crippen LogP contribution in [0.4, 0.5) is 0 Å². The Morgan fingerprint density at radius 1 is 0.909 bits per heavy atom. The van der Waals surface area contributed by atoms with Gasteiger partial charge >= 0.3 is 0 Å². The van der Waals surface area contributed by atoms with Crippen molar-refractivity contribution in [3.05, 3.63) is 41.5 Å². The molecule has 0 aliphatic heterocycles. The highest BCUT2D eigenvalue weighted by Crippen LogP contribution is 2.40. The number of unbranched alkanes of at least 4 members (excludes halogenated alkanes) is 3. The molecule has 0 amide bonds. The van der Waals surface area contributed by atoms with E-state index in [2.05, 4.69) is 60.3 Å². The summed E-state index contributed by atoms with van der Waals surface area (Å²) in [6.07, 6.45) is 7.85. The highest BCUT2D eigenvalue weighted by atomic mass is 16.3. The zero-order valence-electron chi connectivity index (χ0n) is 15.4. The number of hydrogen-bond acceptors (Lipinski definition) is 1. The molecular formula is C21H34O. The molecule has 0 aliphatic carbocycles. The minimum atomic E-state index is -0.0388. The molecule has 0 aliphatic rings. The average Bonchev–Trinajstić information content (AvgIpc) is 2.37. The van der Waals surface area contributed by atoms with Gasteiger partial charge in [0.05, 0.1) is 0 Å². The monoisotopic (exact) mass is 302 g/mol. The van der Waals surface area contributed by atoms with Crippen molar-refractivity contribution in [1.29, 1.82) is 0 Å². The molecule has 0 bridgehead atoms. The van der Waals surface area contributed by atoms with E-state index in [4.69, 9.17) is 0 Å². The van der Waals surface area contributed by atoms with Gasteiger partial charge in [-0.1, -0.05) is 66.2 Å². The molecule has 1 heteroatoms. The molecular weight excluding hydrogens is 268 g/mol. The highest BCUT2D eigenvalue weighted by molar-refractivity contribution is 5.49. The quantitative estimate of drug-likeness (QED) is 0.484. The fourth-order valence-corrected chi connectivity index (χ4v) is 2.78. The van der Waals surface area contributed by atoms with Crippen molar-refractivity contribution in [2.24, 2.45) is 0 Å². The van der Waals surface area contributed by atoms with Crippen molar-refractivity contribution in [3.8, 4) is 5.75 Å². The topological polar surface area (TPSA) is 20.2 Å². The zero-order chi connectivity index (χ0) is 17.0. The Morgan fingerprint density at radius 3 is 1.82 bits per heavy atom. The molecule has 0 heterocycles. The third-order valence-corrected chi connectivity index (χ3v) is 4.16. The van der Waals surface area contributed by atoms with E-state index >= 15 is 0 Å². The van der Waals surface area contributed by atoms with Gasteiger partial charge in [0.1, 0.15) is 5.75 Å². The van der Waals surface area contributed by atoms with E-state index in [0.717, 1.165) is 24.0 Å². The Hall–Kier alpha value is -1.24. The third-order valence-electron chi connectivity index (χ3n) is 4.16. The number of allylic oxidation sites excluding steroid dienone is 1. The molecule has 0 radical (unpaired) electrons. The molecule has 0 spiro atoms. The van der Waals surface area contributed by atoms with Crippen LogP contribution in [0.5, 0.6) is 5.75 Å². The molecule has 0 saturated heterocycles. The first-order chi connectivity index (χ1) is 10.1. The van der Waals surface area contributed by atoms with Crippen LogP contribution in [0.1, 0.15) is 83.9 Å². The van der Waals surface area contributed by atoms with Crippen LogP contribution in [0, 0.1) is 0 Å². The van der Waals surface area contributed by atoms with Crippen LogP contribution in [0.25, 0.3) is 0 Å². The summed E-state index contributed by atoms with van der Waals surface area (Å²) in [5.74, 6) is 0.482. The van der Waals surface area contributed by atoms with Crippen LogP contribution < -0.4 is 0 Å². The van der Waals surface area contributed by atoms with E-state index in [1.54, 1.807) is 0 Å². The Labute approximate surface area is 137 Å². The lowest BCUT2D eigenvalue weighted by Crippen LogP contribution is -2.18. The molecule has 0 unspecified atom stereocenters. The Balaban J connectivity index is 3.05. The summed E-state index contributed by atoms with van der Waals surface area (Å²) in [4.78, 5) is 0. The summed E-state index contributed by atoms with van der Waals surface area (Å²) >= 11 is 0. The van der Waals surface area contributed by atoms with Crippen molar-refractivity contribution >= 4 is 0 Å². The van der Waals surface area contributed by atoms with Gasteiger partial charge in [0.25, 0.3) is 0 Å². The predicted octanol–water partition coefficient (Wildman–Crippen LogP) is 6.28. The van der Waals surface area contributed by atoms with Gasteiger partial charge in [0.2, 0.25) is 0 Å². The van der Waals surface area contributed by atoms with Gasteiger partial charge in [-0.25, -0.2) is 0 Å². The SMILES string of the molecule is C=CCCCCCc1cc(C(C)(C)C)c(O)c(C(C)(C)C)c1. The van der Waals surface area contributed by atoms with Crippen LogP contribution >= 0.6 is 0 Å². The maximum absolute atomic E-state index is 10.7. The lowest BCUT2D eigenvalue weighted by molar-refractivity contribution is 0.422. The molecule has 0 fully saturated rings. The van der Waals surface area contributed by atoms with Gasteiger partial charge in [-0.2, -0.15) is 0 Å². The predicted molar refractivity (Wildman–Crippen MR) is 97.9 cm³/mol. The number of rotatable bonds is 6. The first kappa shape index (κ1) is 18.8. The summed E-state index contributed by atoms with van der Waals surface area (Å²) in [5, 5.41) is 10.7. The van der Waals surface area contributed by atoms with E-state index in [0.29, 0.717) is 5.75 Å². The molecule has 1 nitrogen and oxygen atoms in total. The van der Waals surface area contributed by atoms with E-state index in [1.807, 2.05) is 6.08 Å². The summed E-state index contributed by atoms with van der Waals surface area (Å²) in [6, 6.07) is 4.41. The average molecular weight is 303 g/mol. The number of aromatic hydroxyl groups is 1. The fraction of sp³-hybridized carbons (Fsp3) is 0.619. The molecule has 124 valence electrons. The molecule has 1 N–H and O–H groups in total. The van der Waals surface area contributed by atoms with Crippen LogP contribution in [-0.2, 0) is 17.3 Å². The van der Waals surface area contributed by atoms with Crippen LogP contribution in [0.2, 0.25) is 0 Å². The standard InChI is InChI=1S/C21H34O/c1-8-9-10-11-12-13-16-14-17(20(2,3)4)19(22)18(15-16)21(5,6)7/h8,14-15,22H,1,9-13H2,2-7H3. The van der Waals surface area contributed by atoms with Gasteiger partial charge in [-0.05, 0) is 53.2 Å². The van der Waals surface area contributed by atoms with Gasteiger partial charge in [0, 0.05) is 0 Å². The van der Waals surface area contributed by atoms with Gasteiger partial charge in [-0.3, -0.25) is 0 Å². The maximum Gasteiger partial charge on any atom is 0.123 e. The fourth-order valence-electron chi connectivity index (χ4n) is 2.78. The number of hydrogen-bond donors (Lipinski definition) is 1. The summed E-state index contributed by atoms with van der Waals surface area (Å²) < 4.78 is 0. The van der Waals surface area contributed by atoms with Gasteiger partial charge in [-0.15, -0.1) is 6.58 Å². The lowest BCUT2D eigenvalue weighted by Gasteiger charge is -2.28. The number of benzene rings is 1. The maximum atomic E-state index is 10.7. The zero-order valence-corrected chi connectivity index (χ0v) is 15.4. The highest BCUT2D eigenvalue weighted by Gasteiger charge is 2.26. The van der Waals surface area contributed by atoms with E-state index in [-0.39, 0.29) is 10.8 Å². The van der Waals surface area contributed by atoms with Crippen LogP contribution in [0.15, 0.2) is 24.8 Å². The molecule has 1 aromatic rings.